The van der Waals surface area contributed by atoms with Gasteiger partial charge in [0.15, 0.2) is 28.7 Å². The molecule has 0 radical (unpaired) electrons. The summed E-state index contributed by atoms with van der Waals surface area (Å²) in [6.45, 7) is 16.0. The predicted octanol–water partition coefficient (Wildman–Crippen LogP) is 4.35. The molecule has 0 spiro atoms. The highest BCUT2D eigenvalue weighted by molar-refractivity contribution is 6.32. The summed E-state index contributed by atoms with van der Waals surface area (Å²) in [5.74, 6) is -9.57. The summed E-state index contributed by atoms with van der Waals surface area (Å²) < 4.78 is 5.27. The molecule has 0 bridgehead atoms. The Bertz CT molecular complexity index is 1450. The molecule has 2 fully saturated rings. The summed E-state index contributed by atoms with van der Waals surface area (Å²) in [4.78, 5) is 81.3. The first-order chi connectivity index (χ1) is 20.2. The van der Waals surface area contributed by atoms with Crippen molar-refractivity contribution in [2.24, 2.45) is 40.4 Å². The SMILES string of the molecule is CC(=O)C1C(=O)C(C(C)C)[C@@]2(C)C[C@@]3(C)Cc4c(C(C)C)cc(CCC(=O)OCC(C)C)c(O)c4C(=O)C3C(=O)[C@@]2(O)C1=O. The first-order valence-electron chi connectivity index (χ1n) is 15.7. The van der Waals surface area contributed by atoms with Crippen LogP contribution < -0.4 is 0 Å². The smallest absolute Gasteiger partial charge is 0.306 e. The molecule has 3 aliphatic rings. The summed E-state index contributed by atoms with van der Waals surface area (Å²) in [5.41, 5.74) is -3.67. The van der Waals surface area contributed by atoms with E-state index in [1.807, 2.05) is 27.7 Å². The van der Waals surface area contributed by atoms with Crippen molar-refractivity contribution in [3.05, 3.63) is 28.3 Å². The molecule has 1 aromatic rings. The van der Waals surface area contributed by atoms with Crippen LogP contribution in [0.4, 0.5) is 0 Å². The zero-order valence-electron chi connectivity index (χ0n) is 27.3. The molecular weight excluding hydrogens is 564 g/mol. The minimum atomic E-state index is -2.74. The molecule has 0 saturated heterocycles. The van der Waals surface area contributed by atoms with Crippen LogP contribution in [0.5, 0.6) is 5.75 Å². The standard InChI is InChI=1S/C35H46O9/c1-16(2)14-44-23(37)11-10-20-12-21(17(3)4)22-13-33(8)15-34(9)26(18(5)6)29(39)24(19(7)36)31(41)35(34,43)32(42)27(33)30(40)25(22)28(20)38/h12,16-18,24,26-27,38,43H,10-11,13-15H2,1-9H3/t24?,26?,27?,33-,34-,35+/m1/s1. The van der Waals surface area contributed by atoms with Crippen molar-refractivity contribution in [1.82, 2.24) is 0 Å². The third-order valence-corrected chi connectivity index (χ3v) is 10.3. The number of aliphatic hydroxyl groups is 1. The quantitative estimate of drug-likeness (QED) is 0.323. The van der Waals surface area contributed by atoms with E-state index in [0.717, 1.165) is 12.5 Å². The van der Waals surface area contributed by atoms with E-state index < -0.39 is 75.0 Å². The van der Waals surface area contributed by atoms with Gasteiger partial charge in [0.05, 0.1) is 18.1 Å². The highest BCUT2D eigenvalue weighted by atomic mass is 16.5. The van der Waals surface area contributed by atoms with Crippen LogP contribution in [0.15, 0.2) is 6.07 Å². The fraction of sp³-hybridized carbons (Fsp3) is 0.657. The highest BCUT2D eigenvalue weighted by Gasteiger charge is 2.76. The molecule has 9 heteroatoms. The number of ether oxygens (including phenoxy) is 1. The molecule has 240 valence electrons. The number of Topliss-reactive ketones (excluding diaryl/α,β-unsaturated/α-hetero) is 5. The molecule has 0 amide bonds. The number of phenols is 1. The van der Waals surface area contributed by atoms with Crippen LogP contribution in [-0.2, 0) is 41.6 Å². The van der Waals surface area contributed by atoms with Gasteiger partial charge in [-0.05, 0) is 66.0 Å². The summed E-state index contributed by atoms with van der Waals surface area (Å²) in [7, 11) is 0. The number of hydrogen-bond donors (Lipinski definition) is 2. The van der Waals surface area contributed by atoms with Crippen LogP contribution in [-0.4, -0.2) is 57.3 Å². The third kappa shape index (κ3) is 4.86. The Morgan fingerprint density at radius 2 is 1.64 bits per heavy atom. The van der Waals surface area contributed by atoms with E-state index in [1.54, 1.807) is 33.8 Å². The van der Waals surface area contributed by atoms with Crippen LogP contribution in [0, 0.1) is 40.4 Å². The highest BCUT2D eigenvalue weighted by Crippen LogP contribution is 2.64. The molecule has 3 unspecified atom stereocenters. The molecule has 0 heterocycles. The van der Waals surface area contributed by atoms with Gasteiger partial charge in [0.25, 0.3) is 0 Å². The van der Waals surface area contributed by atoms with E-state index in [0.29, 0.717) is 11.1 Å². The van der Waals surface area contributed by atoms with E-state index in [4.69, 9.17) is 4.74 Å². The van der Waals surface area contributed by atoms with Crippen LogP contribution in [0.25, 0.3) is 0 Å². The van der Waals surface area contributed by atoms with Crippen molar-refractivity contribution < 1.29 is 43.7 Å². The van der Waals surface area contributed by atoms with Crippen molar-refractivity contribution >= 4 is 34.9 Å². The van der Waals surface area contributed by atoms with E-state index >= 15 is 0 Å². The summed E-state index contributed by atoms with van der Waals surface area (Å²) in [6.07, 6.45) is 0.286. The van der Waals surface area contributed by atoms with Gasteiger partial charge in [-0.2, -0.15) is 0 Å². The number of aryl methyl sites for hydroxylation is 1. The zero-order chi connectivity index (χ0) is 33.3. The topological polar surface area (TPSA) is 152 Å². The van der Waals surface area contributed by atoms with Gasteiger partial charge >= 0.3 is 5.97 Å². The van der Waals surface area contributed by atoms with E-state index in [-0.39, 0.29) is 55.4 Å². The minimum Gasteiger partial charge on any atom is -0.507 e. The number of carbonyl (C=O) groups excluding carboxylic acids is 6. The van der Waals surface area contributed by atoms with Crippen molar-refractivity contribution in [2.45, 2.75) is 99.5 Å². The lowest BCUT2D eigenvalue weighted by molar-refractivity contribution is -0.205. The van der Waals surface area contributed by atoms with Gasteiger partial charge in [0.1, 0.15) is 17.5 Å². The third-order valence-electron chi connectivity index (χ3n) is 10.3. The molecule has 6 atom stereocenters. The van der Waals surface area contributed by atoms with Crippen molar-refractivity contribution in [2.75, 3.05) is 6.61 Å². The number of aromatic hydroxyl groups is 1. The van der Waals surface area contributed by atoms with Crippen LogP contribution in [0.2, 0.25) is 0 Å². The van der Waals surface area contributed by atoms with Crippen molar-refractivity contribution in [3.63, 3.8) is 0 Å². The Morgan fingerprint density at radius 1 is 1.02 bits per heavy atom. The lowest BCUT2D eigenvalue weighted by Gasteiger charge is -2.62. The second-order valence-corrected chi connectivity index (χ2v) is 14.9. The molecule has 9 nitrogen and oxygen atoms in total. The van der Waals surface area contributed by atoms with Crippen LogP contribution in [0.3, 0.4) is 0 Å². The maximum absolute atomic E-state index is 14.5. The van der Waals surface area contributed by atoms with Gasteiger partial charge in [0.2, 0.25) is 0 Å². The molecule has 2 N–H and O–H groups in total. The molecule has 3 aliphatic carbocycles. The van der Waals surface area contributed by atoms with Crippen LogP contribution in [0.1, 0.15) is 108 Å². The van der Waals surface area contributed by atoms with E-state index in [9.17, 15) is 39.0 Å². The summed E-state index contributed by atoms with van der Waals surface area (Å²) >= 11 is 0. The Morgan fingerprint density at radius 3 is 2.16 bits per heavy atom. The van der Waals surface area contributed by atoms with Crippen molar-refractivity contribution in [1.29, 1.82) is 0 Å². The number of hydrogen-bond acceptors (Lipinski definition) is 9. The van der Waals surface area contributed by atoms with Gasteiger partial charge in [-0.25, -0.2) is 0 Å². The van der Waals surface area contributed by atoms with Crippen molar-refractivity contribution in [3.8, 4) is 5.75 Å². The Labute approximate surface area is 259 Å². The van der Waals surface area contributed by atoms with Gasteiger partial charge in [-0.1, -0.05) is 61.5 Å². The zero-order valence-corrected chi connectivity index (χ0v) is 27.3. The fourth-order valence-electron chi connectivity index (χ4n) is 8.56. The number of carbonyl (C=O) groups is 6. The average molecular weight is 611 g/mol. The van der Waals surface area contributed by atoms with Gasteiger partial charge in [0, 0.05) is 17.8 Å². The second kappa shape index (κ2) is 11.3. The monoisotopic (exact) mass is 610 g/mol. The number of fused-ring (bicyclic) bond motifs is 3. The first kappa shape index (κ1) is 33.7. The summed E-state index contributed by atoms with van der Waals surface area (Å²) in [5, 5.41) is 23.7. The Hall–Kier alpha value is -3.20. The lowest BCUT2D eigenvalue weighted by atomic mass is 9.39. The van der Waals surface area contributed by atoms with E-state index in [2.05, 4.69) is 0 Å². The Balaban J connectivity index is 1.87. The number of phenolic OH excluding ortho intramolecular Hbond substituents is 1. The molecule has 44 heavy (non-hydrogen) atoms. The molecule has 4 rings (SSSR count). The van der Waals surface area contributed by atoms with E-state index in [1.165, 1.54) is 0 Å². The normalized spacial score (nSPS) is 31.7. The maximum atomic E-state index is 14.5. The maximum Gasteiger partial charge on any atom is 0.306 e. The first-order valence-corrected chi connectivity index (χ1v) is 15.7. The minimum absolute atomic E-state index is 0.00474. The van der Waals surface area contributed by atoms with Gasteiger partial charge in [-0.3, -0.25) is 28.8 Å². The Kier molecular flexibility index (Phi) is 8.66. The second-order valence-electron chi connectivity index (χ2n) is 14.9. The average Bonchev–Trinajstić information content (AvgIpc) is 2.88. The largest absolute Gasteiger partial charge is 0.507 e. The lowest BCUT2D eigenvalue weighted by Crippen LogP contribution is -2.76. The molecular formula is C35H46O9. The molecule has 1 aromatic carbocycles. The van der Waals surface area contributed by atoms with Crippen LogP contribution >= 0.6 is 0 Å². The molecule has 2 saturated carbocycles. The van der Waals surface area contributed by atoms with Gasteiger partial charge in [-0.15, -0.1) is 0 Å². The van der Waals surface area contributed by atoms with Gasteiger partial charge < -0.3 is 14.9 Å². The number of esters is 1. The number of ketones is 5. The molecule has 0 aliphatic heterocycles. The predicted molar refractivity (Wildman–Crippen MR) is 161 cm³/mol. The number of rotatable bonds is 8. The number of benzene rings is 1. The molecule has 0 aromatic heterocycles. The summed E-state index contributed by atoms with van der Waals surface area (Å²) in [6, 6.07) is 1.80. The fourth-order valence-corrected chi connectivity index (χ4v) is 8.56.